The number of carbonyl (C=O) groups excluding carboxylic acids is 1. The Morgan fingerprint density at radius 3 is 2.40 bits per heavy atom. The Labute approximate surface area is 149 Å². The van der Waals surface area contributed by atoms with Crippen LogP contribution in [-0.2, 0) is 14.1 Å². The van der Waals surface area contributed by atoms with Crippen LogP contribution in [0, 0.1) is 0 Å². The zero-order chi connectivity index (χ0) is 18.8. The zero-order valence-corrected chi connectivity index (χ0v) is 15.8. The quantitative estimate of drug-likeness (QED) is 0.632. The van der Waals surface area contributed by atoms with Gasteiger partial charge in [-0.3, -0.25) is 4.79 Å². The number of nitrogen functional groups attached to an aromatic ring is 1. The number of anilines is 1. The maximum Gasteiger partial charge on any atom is 0.492 e. The summed E-state index contributed by atoms with van der Waals surface area (Å²) in [6, 6.07) is 5.40. The van der Waals surface area contributed by atoms with Crippen LogP contribution in [-0.4, -0.2) is 37.9 Å². The smallest absolute Gasteiger partial charge is 0.492 e. The second kappa shape index (κ2) is 7.10. The van der Waals surface area contributed by atoms with Gasteiger partial charge in [-0.25, -0.2) is 0 Å². The molecule has 0 atom stereocenters. The molecule has 0 aliphatic carbocycles. The van der Waals surface area contributed by atoms with E-state index in [1.54, 1.807) is 19.2 Å². The third-order valence-electron chi connectivity index (χ3n) is 4.69. The molecule has 0 spiro atoms. The summed E-state index contributed by atoms with van der Waals surface area (Å²) in [5.74, 6) is 0.563. The number of methoxy groups -OCH3 is 1. The maximum absolute atomic E-state index is 11.4. The lowest BCUT2D eigenvalue weighted by molar-refractivity contribution is -0.118. The molecule has 0 saturated carbocycles. The molecule has 0 radical (unpaired) electrons. The van der Waals surface area contributed by atoms with Crippen LogP contribution in [0.5, 0.6) is 5.75 Å². The Hall–Kier alpha value is -1.99. The van der Waals surface area contributed by atoms with E-state index >= 15 is 0 Å². The number of nitrogens with one attached hydrogen (secondary N) is 1. The standard InChI is InChI=1S/C18H27BN2O4/c1-12(22)21-11-14(19-24-17(2,3)18(4,5)25-19)9-13-10-15(20)7-8-16(13)23-6/h7-10H,11,20H2,1-6H3,(H,21,22). The van der Waals surface area contributed by atoms with Crippen molar-refractivity contribution in [3.63, 3.8) is 0 Å². The van der Waals surface area contributed by atoms with E-state index in [0.717, 1.165) is 11.0 Å². The summed E-state index contributed by atoms with van der Waals surface area (Å²) in [6.07, 6.45) is 1.90. The number of hydrogen-bond donors (Lipinski definition) is 2. The lowest BCUT2D eigenvalue weighted by atomic mass is 9.77. The topological polar surface area (TPSA) is 82.8 Å². The van der Waals surface area contributed by atoms with Gasteiger partial charge in [0, 0.05) is 24.7 Å². The van der Waals surface area contributed by atoms with Crippen molar-refractivity contribution in [2.45, 2.75) is 45.8 Å². The fraction of sp³-hybridized carbons (Fsp3) is 0.500. The summed E-state index contributed by atoms with van der Waals surface area (Å²) >= 11 is 0. The van der Waals surface area contributed by atoms with E-state index in [0.29, 0.717) is 18.0 Å². The van der Waals surface area contributed by atoms with Gasteiger partial charge in [-0.1, -0.05) is 6.08 Å². The first-order valence-electron chi connectivity index (χ1n) is 8.30. The minimum Gasteiger partial charge on any atom is -0.496 e. The van der Waals surface area contributed by atoms with Gasteiger partial charge in [0.25, 0.3) is 0 Å². The lowest BCUT2D eigenvalue weighted by Crippen LogP contribution is -2.41. The molecule has 0 aromatic heterocycles. The van der Waals surface area contributed by atoms with Crippen molar-refractivity contribution in [2.75, 3.05) is 19.4 Å². The summed E-state index contributed by atoms with van der Waals surface area (Å²) in [7, 11) is 1.04. The number of carbonyl (C=O) groups is 1. The average molecular weight is 346 g/mol. The summed E-state index contributed by atoms with van der Waals surface area (Å²) in [5.41, 5.74) is 7.19. The van der Waals surface area contributed by atoms with Crippen LogP contribution in [0.4, 0.5) is 5.69 Å². The Morgan fingerprint density at radius 1 is 1.28 bits per heavy atom. The third-order valence-corrected chi connectivity index (χ3v) is 4.69. The van der Waals surface area contributed by atoms with Crippen molar-refractivity contribution >= 4 is 24.8 Å². The van der Waals surface area contributed by atoms with Crippen molar-refractivity contribution in [1.82, 2.24) is 5.32 Å². The van der Waals surface area contributed by atoms with E-state index in [-0.39, 0.29) is 5.91 Å². The molecule has 1 aromatic carbocycles. The summed E-state index contributed by atoms with van der Waals surface area (Å²) in [5, 5.41) is 2.81. The lowest BCUT2D eigenvalue weighted by Gasteiger charge is -2.32. The normalized spacial score (nSPS) is 19.0. The second-order valence-electron chi connectivity index (χ2n) is 7.22. The van der Waals surface area contributed by atoms with E-state index in [1.165, 1.54) is 6.92 Å². The van der Waals surface area contributed by atoms with Gasteiger partial charge in [-0.15, -0.1) is 0 Å². The van der Waals surface area contributed by atoms with Crippen molar-refractivity contribution in [1.29, 1.82) is 0 Å². The number of hydrogen-bond acceptors (Lipinski definition) is 5. The molecule has 0 bridgehead atoms. The molecule has 3 N–H and O–H groups in total. The van der Waals surface area contributed by atoms with E-state index in [1.807, 2.05) is 39.8 Å². The Kier molecular flexibility index (Phi) is 5.49. The third kappa shape index (κ3) is 4.35. The molecule has 1 amide bonds. The van der Waals surface area contributed by atoms with Gasteiger partial charge in [-0.05, 0) is 51.4 Å². The fourth-order valence-corrected chi connectivity index (χ4v) is 2.49. The molecule has 2 rings (SSSR count). The van der Waals surface area contributed by atoms with Gasteiger partial charge in [0.1, 0.15) is 5.75 Å². The molecule has 25 heavy (non-hydrogen) atoms. The van der Waals surface area contributed by atoms with E-state index in [9.17, 15) is 4.79 Å². The zero-order valence-electron chi connectivity index (χ0n) is 15.8. The highest BCUT2D eigenvalue weighted by Gasteiger charge is 2.52. The summed E-state index contributed by atoms with van der Waals surface area (Å²) < 4.78 is 17.6. The molecular weight excluding hydrogens is 319 g/mol. The second-order valence-corrected chi connectivity index (χ2v) is 7.22. The summed E-state index contributed by atoms with van der Waals surface area (Å²) in [6.45, 7) is 9.75. The van der Waals surface area contributed by atoms with Gasteiger partial charge in [0.05, 0.1) is 18.3 Å². The minimum atomic E-state index is -0.567. The highest BCUT2D eigenvalue weighted by Crippen LogP contribution is 2.39. The number of rotatable bonds is 5. The van der Waals surface area contributed by atoms with Crippen LogP contribution in [0.15, 0.2) is 23.7 Å². The Bertz CT molecular complexity index is 670. The van der Waals surface area contributed by atoms with Crippen LogP contribution >= 0.6 is 0 Å². The molecular formula is C18H27BN2O4. The molecule has 7 heteroatoms. The van der Waals surface area contributed by atoms with Crippen molar-refractivity contribution in [3.8, 4) is 5.75 Å². The van der Waals surface area contributed by atoms with Crippen molar-refractivity contribution < 1.29 is 18.8 Å². The number of nitrogens with two attached hydrogens (primary N) is 1. The first kappa shape index (κ1) is 19.3. The van der Waals surface area contributed by atoms with Gasteiger partial charge in [0.2, 0.25) is 5.91 Å². The van der Waals surface area contributed by atoms with E-state index in [4.69, 9.17) is 19.8 Å². The molecule has 1 aliphatic rings. The van der Waals surface area contributed by atoms with Gasteiger partial charge in [-0.2, -0.15) is 0 Å². The fourth-order valence-electron chi connectivity index (χ4n) is 2.49. The molecule has 1 heterocycles. The van der Waals surface area contributed by atoms with E-state index < -0.39 is 18.3 Å². The van der Waals surface area contributed by atoms with Gasteiger partial charge in [0.15, 0.2) is 0 Å². The maximum atomic E-state index is 11.4. The largest absolute Gasteiger partial charge is 0.496 e. The highest BCUT2D eigenvalue weighted by molar-refractivity contribution is 6.56. The first-order chi connectivity index (χ1) is 11.6. The van der Waals surface area contributed by atoms with Crippen LogP contribution in [0.3, 0.4) is 0 Å². The first-order valence-corrected chi connectivity index (χ1v) is 8.30. The predicted molar refractivity (Wildman–Crippen MR) is 100 cm³/mol. The van der Waals surface area contributed by atoms with Crippen molar-refractivity contribution in [3.05, 3.63) is 29.2 Å². The average Bonchev–Trinajstić information content (AvgIpc) is 2.71. The number of benzene rings is 1. The SMILES string of the molecule is COc1ccc(N)cc1C=C(CNC(C)=O)B1OC(C)(C)C(C)(C)O1. The number of amides is 1. The minimum absolute atomic E-state index is 0.123. The molecule has 1 saturated heterocycles. The molecule has 136 valence electrons. The number of ether oxygens (including phenoxy) is 1. The van der Waals surface area contributed by atoms with Gasteiger partial charge < -0.3 is 25.1 Å². The van der Waals surface area contributed by atoms with Crippen LogP contribution in [0.2, 0.25) is 0 Å². The molecule has 0 unspecified atom stereocenters. The molecule has 1 aromatic rings. The van der Waals surface area contributed by atoms with E-state index in [2.05, 4.69) is 5.32 Å². The van der Waals surface area contributed by atoms with Crippen molar-refractivity contribution in [2.24, 2.45) is 0 Å². The Morgan fingerprint density at radius 2 is 1.88 bits per heavy atom. The summed E-state index contributed by atoms with van der Waals surface area (Å²) in [4.78, 5) is 11.4. The predicted octanol–water partition coefficient (Wildman–Crippen LogP) is 2.43. The van der Waals surface area contributed by atoms with Crippen LogP contribution in [0.1, 0.15) is 40.2 Å². The molecule has 1 fully saturated rings. The highest BCUT2D eigenvalue weighted by atomic mass is 16.7. The van der Waals surface area contributed by atoms with Crippen LogP contribution < -0.4 is 15.8 Å². The van der Waals surface area contributed by atoms with Gasteiger partial charge >= 0.3 is 7.12 Å². The van der Waals surface area contributed by atoms with Crippen LogP contribution in [0.25, 0.3) is 6.08 Å². The Balaban J connectivity index is 2.40. The monoisotopic (exact) mass is 346 g/mol. The molecule has 1 aliphatic heterocycles. The molecule has 6 nitrogen and oxygen atoms in total.